The second-order valence-corrected chi connectivity index (χ2v) is 6.60. The predicted molar refractivity (Wildman–Crippen MR) is 97.9 cm³/mol. The Morgan fingerprint density at radius 2 is 2.00 bits per heavy atom. The van der Waals surface area contributed by atoms with Crippen LogP contribution in [0, 0.1) is 0 Å². The maximum absolute atomic E-state index is 12.4. The van der Waals surface area contributed by atoms with Crippen LogP contribution in [0.2, 0.25) is 0 Å². The van der Waals surface area contributed by atoms with Crippen LogP contribution in [0.4, 0.5) is 5.69 Å². The van der Waals surface area contributed by atoms with E-state index in [9.17, 15) is 4.79 Å². The zero-order chi connectivity index (χ0) is 17.9. The molecule has 0 unspecified atom stereocenters. The highest BCUT2D eigenvalue weighted by Crippen LogP contribution is 2.23. The van der Waals surface area contributed by atoms with Gasteiger partial charge in [0.25, 0.3) is 5.91 Å². The molecule has 1 aromatic carbocycles. The summed E-state index contributed by atoms with van der Waals surface area (Å²) in [5.41, 5.74) is 1.75. The van der Waals surface area contributed by atoms with Gasteiger partial charge in [-0.25, -0.2) is 4.98 Å². The van der Waals surface area contributed by atoms with E-state index in [0.717, 1.165) is 31.5 Å². The fourth-order valence-corrected chi connectivity index (χ4v) is 3.15. The summed E-state index contributed by atoms with van der Waals surface area (Å²) in [5.74, 6) is 0.122. The first-order valence-corrected chi connectivity index (χ1v) is 8.74. The Bertz CT molecular complexity index is 878. The molecule has 4 rings (SSSR count). The summed E-state index contributed by atoms with van der Waals surface area (Å²) in [5, 5.41) is 7.24. The largest absolute Gasteiger partial charge is 0.444 e. The Morgan fingerprint density at radius 3 is 2.77 bits per heavy atom. The molecule has 0 saturated carbocycles. The topological polar surface area (TPSA) is 76.2 Å². The maximum Gasteiger partial charge on any atom is 0.277 e. The summed E-state index contributed by atoms with van der Waals surface area (Å²) >= 11 is 0. The van der Waals surface area contributed by atoms with E-state index >= 15 is 0 Å². The molecular formula is C19H21N5O2. The van der Waals surface area contributed by atoms with E-state index in [1.54, 1.807) is 6.20 Å². The first-order valence-electron chi connectivity index (χ1n) is 8.74. The van der Waals surface area contributed by atoms with E-state index in [-0.39, 0.29) is 11.6 Å². The van der Waals surface area contributed by atoms with Gasteiger partial charge in [0.1, 0.15) is 6.26 Å². The highest BCUT2D eigenvalue weighted by Gasteiger charge is 2.20. The maximum atomic E-state index is 12.4. The van der Waals surface area contributed by atoms with Crippen LogP contribution in [0.3, 0.4) is 0 Å². The summed E-state index contributed by atoms with van der Waals surface area (Å²) in [6, 6.07) is 9.88. The number of hydrogen-bond donors (Lipinski definition) is 1. The molecule has 1 amide bonds. The van der Waals surface area contributed by atoms with E-state index < -0.39 is 0 Å². The molecule has 3 aromatic rings. The third-order valence-electron chi connectivity index (χ3n) is 4.68. The van der Waals surface area contributed by atoms with Gasteiger partial charge in [0.15, 0.2) is 5.69 Å². The van der Waals surface area contributed by atoms with Crippen LogP contribution < -0.4 is 5.32 Å². The van der Waals surface area contributed by atoms with E-state index in [1.165, 1.54) is 6.26 Å². The number of piperidine rings is 1. The molecule has 7 nitrogen and oxygen atoms in total. The number of oxazole rings is 1. The minimum absolute atomic E-state index is 0.246. The van der Waals surface area contributed by atoms with Crippen molar-refractivity contribution in [3.63, 3.8) is 0 Å². The Kier molecular flexibility index (Phi) is 4.53. The van der Waals surface area contributed by atoms with Crippen molar-refractivity contribution < 1.29 is 9.21 Å². The Hall–Kier alpha value is -2.93. The lowest BCUT2D eigenvalue weighted by Gasteiger charge is -2.28. The standard InChI is InChI=1S/C19H21N5O2/c1-23-9-7-16(8-10-23)24-12-15(11-20-24)21-18(25)17-13-26-19(22-17)14-5-3-2-4-6-14/h2-6,11-13,16H,7-10H2,1H3,(H,21,25). The molecular weight excluding hydrogens is 330 g/mol. The molecule has 0 spiro atoms. The number of rotatable bonds is 4. The SMILES string of the molecule is CN1CCC(n2cc(NC(=O)c3coc(-c4ccccc4)n3)cn2)CC1. The molecule has 1 saturated heterocycles. The molecule has 0 aliphatic carbocycles. The molecule has 134 valence electrons. The second kappa shape index (κ2) is 7.13. The average Bonchev–Trinajstić information content (AvgIpc) is 3.33. The first-order chi connectivity index (χ1) is 12.7. The Labute approximate surface area is 151 Å². The lowest BCUT2D eigenvalue weighted by molar-refractivity contribution is 0.102. The van der Waals surface area contributed by atoms with Crippen molar-refractivity contribution in [2.45, 2.75) is 18.9 Å². The van der Waals surface area contributed by atoms with Crippen molar-refractivity contribution in [3.8, 4) is 11.5 Å². The monoisotopic (exact) mass is 351 g/mol. The van der Waals surface area contributed by atoms with Crippen molar-refractivity contribution in [1.29, 1.82) is 0 Å². The van der Waals surface area contributed by atoms with Crippen molar-refractivity contribution in [1.82, 2.24) is 19.7 Å². The van der Waals surface area contributed by atoms with Crippen molar-refractivity contribution in [2.24, 2.45) is 0 Å². The molecule has 1 fully saturated rings. The first kappa shape index (κ1) is 16.5. The van der Waals surface area contributed by atoms with Crippen LogP contribution in [0.15, 0.2) is 53.4 Å². The molecule has 0 radical (unpaired) electrons. The number of carbonyl (C=O) groups excluding carboxylic acids is 1. The fraction of sp³-hybridized carbons (Fsp3) is 0.316. The molecule has 26 heavy (non-hydrogen) atoms. The molecule has 0 atom stereocenters. The van der Waals surface area contributed by atoms with E-state index in [1.807, 2.05) is 41.2 Å². The van der Waals surface area contributed by atoms with Crippen molar-refractivity contribution >= 4 is 11.6 Å². The quantitative estimate of drug-likeness (QED) is 0.782. The third-order valence-corrected chi connectivity index (χ3v) is 4.68. The number of likely N-dealkylation sites (tertiary alicyclic amines) is 1. The van der Waals surface area contributed by atoms with Crippen LogP contribution in [0.25, 0.3) is 11.5 Å². The zero-order valence-electron chi connectivity index (χ0n) is 14.6. The van der Waals surface area contributed by atoms with Crippen LogP contribution in [0.1, 0.15) is 29.4 Å². The van der Waals surface area contributed by atoms with Gasteiger partial charge < -0.3 is 14.6 Å². The van der Waals surface area contributed by atoms with Crippen LogP contribution in [-0.4, -0.2) is 45.7 Å². The lowest BCUT2D eigenvalue weighted by Crippen LogP contribution is -2.31. The average molecular weight is 351 g/mol. The summed E-state index contributed by atoms with van der Waals surface area (Å²) in [6.07, 6.45) is 7.06. The molecule has 7 heteroatoms. The van der Waals surface area contributed by atoms with Gasteiger partial charge in [0.05, 0.1) is 17.9 Å². The van der Waals surface area contributed by atoms with E-state index in [0.29, 0.717) is 17.6 Å². The number of aromatic nitrogens is 3. The van der Waals surface area contributed by atoms with Gasteiger partial charge in [-0.2, -0.15) is 5.10 Å². The van der Waals surface area contributed by atoms with Gasteiger partial charge in [-0.3, -0.25) is 9.48 Å². The predicted octanol–water partition coefficient (Wildman–Crippen LogP) is 3.06. The summed E-state index contributed by atoms with van der Waals surface area (Å²) in [7, 11) is 2.13. The van der Waals surface area contributed by atoms with E-state index in [2.05, 4.69) is 27.3 Å². The minimum Gasteiger partial charge on any atom is -0.444 e. The van der Waals surface area contributed by atoms with Crippen LogP contribution in [-0.2, 0) is 0 Å². The zero-order valence-corrected chi connectivity index (χ0v) is 14.6. The van der Waals surface area contributed by atoms with Crippen LogP contribution in [0.5, 0.6) is 0 Å². The van der Waals surface area contributed by atoms with Gasteiger partial charge in [-0.1, -0.05) is 18.2 Å². The Morgan fingerprint density at radius 1 is 1.23 bits per heavy atom. The Balaban J connectivity index is 1.42. The number of amides is 1. The van der Waals surface area contributed by atoms with E-state index in [4.69, 9.17) is 4.42 Å². The number of nitrogens with one attached hydrogen (secondary N) is 1. The van der Waals surface area contributed by atoms with Crippen LogP contribution >= 0.6 is 0 Å². The molecule has 3 heterocycles. The van der Waals surface area contributed by atoms with Gasteiger partial charge >= 0.3 is 0 Å². The summed E-state index contributed by atoms with van der Waals surface area (Å²) in [6.45, 7) is 2.13. The number of hydrogen-bond acceptors (Lipinski definition) is 5. The molecule has 1 aliphatic rings. The molecule has 2 aromatic heterocycles. The number of benzene rings is 1. The highest BCUT2D eigenvalue weighted by molar-refractivity contribution is 6.02. The fourth-order valence-electron chi connectivity index (χ4n) is 3.15. The lowest BCUT2D eigenvalue weighted by atomic mass is 10.1. The van der Waals surface area contributed by atoms with Gasteiger partial charge in [-0.05, 0) is 45.1 Å². The summed E-state index contributed by atoms with van der Waals surface area (Å²) < 4.78 is 7.37. The molecule has 1 N–H and O–H groups in total. The van der Waals surface area contributed by atoms with Crippen molar-refractivity contribution in [2.75, 3.05) is 25.5 Å². The smallest absolute Gasteiger partial charge is 0.277 e. The minimum atomic E-state index is -0.307. The summed E-state index contributed by atoms with van der Waals surface area (Å²) in [4.78, 5) is 19.0. The number of nitrogens with zero attached hydrogens (tertiary/aromatic N) is 4. The number of anilines is 1. The third kappa shape index (κ3) is 3.52. The number of carbonyl (C=O) groups is 1. The van der Waals surface area contributed by atoms with Gasteiger partial charge in [0.2, 0.25) is 5.89 Å². The van der Waals surface area contributed by atoms with Gasteiger partial charge in [-0.15, -0.1) is 0 Å². The molecule has 1 aliphatic heterocycles. The normalized spacial score (nSPS) is 15.9. The molecule has 0 bridgehead atoms. The second-order valence-electron chi connectivity index (χ2n) is 6.60. The van der Waals surface area contributed by atoms with Crippen molar-refractivity contribution in [3.05, 3.63) is 54.7 Å². The highest BCUT2D eigenvalue weighted by atomic mass is 16.3. The van der Waals surface area contributed by atoms with Gasteiger partial charge in [0, 0.05) is 11.8 Å².